The van der Waals surface area contributed by atoms with Gasteiger partial charge in [0.15, 0.2) is 34.5 Å². The van der Waals surface area contributed by atoms with E-state index >= 15 is 0 Å². The Morgan fingerprint density at radius 2 is 0.590 bits per heavy atom. The highest BCUT2D eigenvalue weighted by Crippen LogP contribution is 2.35. The van der Waals surface area contributed by atoms with Gasteiger partial charge < -0.3 is 88.1 Å². The molecule has 5 unspecified atom stereocenters. The third-order valence-electron chi connectivity index (χ3n) is 14.8. The second kappa shape index (κ2) is 28.7. The Hall–Kier alpha value is -8.92. The highest BCUT2D eigenvalue weighted by molar-refractivity contribution is 6.05. The van der Waals surface area contributed by atoms with Gasteiger partial charge in [-0.1, -0.05) is 0 Å². The quantitative estimate of drug-likeness (QED) is 0.0990. The van der Waals surface area contributed by atoms with E-state index in [-0.39, 0.29) is 135 Å². The van der Waals surface area contributed by atoms with Gasteiger partial charge in [-0.3, -0.25) is 48.2 Å². The number of rotatable bonds is 0. The van der Waals surface area contributed by atoms with Crippen LogP contribution in [0.15, 0.2) is 48.5 Å². The van der Waals surface area contributed by atoms with E-state index in [2.05, 4.69) is 42.5 Å². The average molecular weight is 1160 g/mol. The molecular weight excluding hydrogens is 1080 g/mol. The van der Waals surface area contributed by atoms with Gasteiger partial charge in [-0.15, -0.1) is 0 Å². The van der Waals surface area contributed by atoms with E-state index in [1.165, 1.54) is 55.5 Å². The Morgan fingerprint density at radius 1 is 0.349 bits per heavy atom. The van der Waals surface area contributed by atoms with Crippen LogP contribution >= 0.6 is 0 Å². The fourth-order valence-corrected chi connectivity index (χ4v) is 9.43. The van der Waals surface area contributed by atoms with Gasteiger partial charge in [0, 0.05) is 127 Å². The molecule has 15 N–H and O–H groups in total. The maximum Gasteiger partial charge on any atom is 0.255 e. The minimum Gasteiger partial charge on any atom is -0.507 e. The lowest BCUT2D eigenvalue weighted by Gasteiger charge is -2.38. The minimum atomic E-state index is -0.852. The number of likely N-dealkylation sites (N-methyl/N-ethyl adjacent to an activating group) is 2. The Labute approximate surface area is 479 Å². The second-order valence-electron chi connectivity index (χ2n) is 20.5. The summed E-state index contributed by atoms with van der Waals surface area (Å²) >= 11 is 0. The zero-order valence-electron chi connectivity index (χ0n) is 47.1. The number of carbonyl (C=O) groups is 8. The Morgan fingerprint density at radius 3 is 0.880 bits per heavy atom. The molecule has 0 saturated carbocycles. The predicted octanol–water partition coefficient (Wildman–Crippen LogP) is -0.466. The van der Waals surface area contributed by atoms with Crippen molar-refractivity contribution in [2.24, 2.45) is 0 Å². The zero-order chi connectivity index (χ0) is 60.8. The van der Waals surface area contributed by atoms with Gasteiger partial charge >= 0.3 is 0 Å². The van der Waals surface area contributed by atoms with Crippen LogP contribution in [0.4, 0.5) is 0 Å². The summed E-state index contributed by atoms with van der Waals surface area (Å²) in [5, 5.41) is 98.7. The van der Waals surface area contributed by atoms with Crippen molar-refractivity contribution in [2.45, 2.75) is 45.8 Å². The smallest absolute Gasteiger partial charge is 0.255 e. The van der Waals surface area contributed by atoms with Crippen LogP contribution in [-0.4, -0.2) is 233 Å². The number of phenols is 7. The molecule has 8 amide bonds. The van der Waals surface area contributed by atoms with Crippen molar-refractivity contribution in [2.75, 3.05) is 112 Å². The molecule has 8 heterocycles. The molecule has 12 rings (SSSR count). The monoisotopic (exact) mass is 1150 g/mol. The van der Waals surface area contributed by atoms with E-state index < -0.39 is 106 Å². The largest absolute Gasteiger partial charge is 0.507 e. The predicted molar refractivity (Wildman–Crippen MR) is 302 cm³/mol. The molecule has 27 heteroatoms. The number of hydrogen-bond donors (Lipinski definition) is 15. The molecule has 10 bridgehead atoms. The summed E-state index contributed by atoms with van der Waals surface area (Å²) < 4.78 is 0. The number of aromatic hydroxyl groups is 7. The summed E-state index contributed by atoms with van der Waals surface area (Å²) in [7, 11) is 3.44. The van der Waals surface area contributed by atoms with E-state index in [0.29, 0.717) is 13.1 Å². The number of benzene rings is 4. The molecule has 0 spiro atoms. The van der Waals surface area contributed by atoms with E-state index in [1.54, 1.807) is 30.8 Å². The van der Waals surface area contributed by atoms with Crippen LogP contribution in [0.2, 0.25) is 0 Å². The Balaban J connectivity index is 1.35. The van der Waals surface area contributed by atoms with Gasteiger partial charge in [0.2, 0.25) is 0 Å². The lowest BCUT2D eigenvalue weighted by atomic mass is 10.0. The molecule has 27 nitrogen and oxygen atoms in total. The van der Waals surface area contributed by atoms with Crippen molar-refractivity contribution in [3.05, 3.63) is 98.6 Å². The lowest BCUT2D eigenvalue weighted by Crippen LogP contribution is -2.55. The molecule has 0 aliphatic carbocycles. The molecular formula is C56H74N12O15. The number of carbonyl (C=O) groups excluding carboxylic acids is 8. The van der Waals surface area contributed by atoms with Crippen molar-refractivity contribution < 1.29 is 74.1 Å². The number of amides is 8. The van der Waals surface area contributed by atoms with Gasteiger partial charge in [0.05, 0.1) is 38.9 Å². The topological polar surface area (TPSA) is 387 Å². The molecule has 0 radical (unpaired) electrons. The van der Waals surface area contributed by atoms with Crippen LogP contribution in [0.1, 0.15) is 109 Å². The SMILES string of the molecule is Cc1c2ccc(c1O)C(=O)NCCN(C)CCNC(=O)c1ccc(c(O)c1O)C(=O)NCCN1CCNC(=O)c3ccc(c(O)c3O)C(=O)NCCN(C)CCNC(=O)c3ccc(c(O)c3O)C(=O)NCCN(CC1C)C(C)C(C)NC2=O. The fourth-order valence-electron chi connectivity index (χ4n) is 9.43. The number of nitrogens with one attached hydrogen (secondary N) is 8. The molecule has 0 fully saturated rings. The molecule has 0 saturated heterocycles. The first-order valence-electron chi connectivity index (χ1n) is 27.0. The molecule has 4 aromatic carbocycles. The third kappa shape index (κ3) is 15.8. The summed E-state index contributed by atoms with van der Waals surface area (Å²) in [5.41, 5.74) is -1.82. The van der Waals surface area contributed by atoms with Gasteiger partial charge in [-0.25, -0.2) is 0 Å². The van der Waals surface area contributed by atoms with Crippen molar-refractivity contribution in [1.82, 2.24) is 62.1 Å². The van der Waals surface area contributed by atoms with Crippen molar-refractivity contribution in [1.29, 1.82) is 0 Å². The normalized spacial score (nSPS) is 22.0. The van der Waals surface area contributed by atoms with Crippen LogP contribution in [-0.2, 0) is 0 Å². The maximum atomic E-state index is 14.0. The van der Waals surface area contributed by atoms with Gasteiger partial charge in [0.25, 0.3) is 47.3 Å². The number of phenolic OH excluding ortho intramolecular Hbond substituents is 7. The van der Waals surface area contributed by atoms with E-state index in [0.717, 1.165) is 0 Å². The highest BCUT2D eigenvalue weighted by atomic mass is 16.3. The average Bonchev–Trinajstić information content (AvgIpc) is 3.50. The van der Waals surface area contributed by atoms with Gasteiger partial charge in [-0.2, -0.15) is 0 Å². The molecule has 0 aromatic heterocycles. The summed E-state index contributed by atoms with van der Waals surface area (Å²) in [4.78, 5) is 115. The Kier molecular flexibility index (Phi) is 21.9. The second-order valence-corrected chi connectivity index (χ2v) is 20.5. The summed E-state index contributed by atoms with van der Waals surface area (Å²) in [6.07, 6.45) is 0. The molecule has 83 heavy (non-hydrogen) atoms. The van der Waals surface area contributed by atoms with Crippen LogP contribution in [0.3, 0.4) is 0 Å². The Bertz CT molecular complexity index is 3020. The molecule has 8 aliphatic heterocycles. The molecule has 448 valence electrons. The van der Waals surface area contributed by atoms with Crippen molar-refractivity contribution in [3.63, 3.8) is 0 Å². The maximum absolute atomic E-state index is 14.0. The highest BCUT2D eigenvalue weighted by Gasteiger charge is 2.30. The van der Waals surface area contributed by atoms with Crippen molar-refractivity contribution >= 4 is 47.3 Å². The van der Waals surface area contributed by atoms with Crippen molar-refractivity contribution in [3.8, 4) is 40.2 Å². The molecule has 4 aromatic rings. The van der Waals surface area contributed by atoms with E-state index in [9.17, 15) is 74.1 Å². The lowest BCUT2D eigenvalue weighted by molar-refractivity contribution is 0.0824. The third-order valence-corrected chi connectivity index (χ3v) is 14.8. The van der Waals surface area contributed by atoms with Crippen LogP contribution in [0, 0.1) is 6.92 Å². The first-order valence-corrected chi connectivity index (χ1v) is 27.0. The van der Waals surface area contributed by atoms with Gasteiger partial charge in [0.1, 0.15) is 5.75 Å². The van der Waals surface area contributed by atoms with Crippen LogP contribution in [0.25, 0.3) is 0 Å². The zero-order valence-corrected chi connectivity index (χ0v) is 47.1. The number of nitrogens with zero attached hydrogens (tertiary/aromatic N) is 4. The molecule has 8 aliphatic rings. The van der Waals surface area contributed by atoms with Crippen LogP contribution in [0.5, 0.6) is 40.2 Å². The minimum absolute atomic E-state index is 0.0644. The summed E-state index contributed by atoms with van der Waals surface area (Å²) in [6, 6.07) is 8.08. The molecule has 5 atom stereocenters. The van der Waals surface area contributed by atoms with E-state index in [1.807, 2.05) is 23.6 Å². The van der Waals surface area contributed by atoms with E-state index in [4.69, 9.17) is 0 Å². The van der Waals surface area contributed by atoms with Gasteiger partial charge in [-0.05, 0) is 90.3 Å². The summed E-state index contributed by atoms with van der Waals surface area (Å²) in [5.74, 6) is -11.3. The number of hydrogen-bond acceptors (Lipinski definition) is 19. The summed E-state index contributed by atoms with van der Waals surface area (Å²) in [6.45, 7) is 8.47. The standard InChI is InChI=1S/C56H74N12O15/c1-30-29-68-28-21-63-55(82)41-14-11-38(45(72)48(41)75)52(79)60-18-25-66(6)24-17-59-51(78)37-10-13-40(47(74)44(37)71)54(81)62-20-27-67(30)26-19-61-53(80)39-12-9-36(43(70)46(39)73)50(77)58-16-23-65(5)22-15-57-49(76)35-8-7-34(31(2)42(35)69)56(83)64-32(3)33(68)4/h7-14,30,32-33,69-75H,15-29H2,1-6H3,(H,57,76)(H,58,77)(H,59,78)(H,60,79)(H,61,80)(H,62,81)(H,63,82)(H,64,83). The van der Waals surface area contributed by atoms with Crippen LogP contribution < -0.4 is 42.5 Å². The first-order chi connectivity index (χ1) is 39.4. The fraction of sp³-hybridized carbons (Fsp3) is 0.429. The first kappa shape index (κ1) is 63.3.